The molecule has 0 radical (unpaired) electrons. The molecule has 2 aliphatic heterocycles. The van der Waals surface area contributed by atoms with Gasteiger partial charge in [-0.25, -0.2) is 34.9 Å². The number of H-pyrrole nitrogens is 1. The number of nitrogens with one attached hydrogen (secondary N) is 2. The SMILES string of the molecule is CCN1C(=O)CNc2ncc(-c3ccc(-c4ncn[nH]4)nc3C)nc21.[2H]C1(C)C(=O)N(CC)c2nc(-c3ccc(-c4nncn4C)nc3C)cnc2N1C. The Morgan fingerprint density at radius 3 is 2.09 bits per heavy atom. The zero-order valence-corrected chi connectivity index (χ0v) is 30.3. The van der Waals surface area contributed by atoms with Gasteiger partial charge in [0.25, 0.3) is 5.91 Å². The maximum Gasteiger partial charge on any atom is 0.250 e. The Bertz CT molecular complexity index is 2380. The normalized spacial score (nSPS) is 16.7. The van der Waals surface area contributed by atoms with Gasteiger partial charge in [0, 0.05) is 49.7 Å². The molecular formula is C35H38N16O2. The number of rotatable bonds is 6. The molecule has 0 fully saturated rings. The van der Waals surface area contributed by atoms with Crippen molar-refractivity contribution in [2.45, 2.75) is 40.6 Å². The predicted molar refractivity (Wildman–Crippen MR) is 198 cm³/mol. The number of aromatic amines is 1. The molecule has 270 valence electrons. The fraction of sp³-hybridized carbons (Fsp3) is 0.314. The minimum atomic E-state index is -1.42. The van der Waals surface area contributed by atoms with Crippen LogP contribution in [-0.4, -0.2) is 104 Å². The molecule has 0 spiro atoms. The molecular weight excluding hydrogens is 676 g/mol. The van der Waals surface area contributed by atoms with Crippen LogP contribution in [0.1, 0.15) is 33.5 Å². The summed E-state index contributed by atoms with van der Waals surface area (Å²) in [6.07, 6.45) is 6.41. The second kappa shape index (κ2) is 14.1. The van der Waals surface area contributed by atoms with Gasteiger partial charge in [-0.2, -0.15) is 5.10 Å². The standard InChI is InChI=1S/C19H22N8O.C16H16N8O/c1-6-27-18-17(26(5)12(3)19(27)28)20-9-15(23-18)13-7-8-14(22-11(13)2)16-24-21-10-25(16)4;1-3-24-13(25)7-18-15-16(24)22-12(6-17-15)10-4-5-11(21-9(10)2)14-19-8-20-23-14/h7-10,12H,6H2,1-5H3;4-6,8H,3,7H2,1-2H3,(H,17,18)(H,19,20,23)/i12D;. The van der Waals surface area contributed by atoms with E-state index in [0.717, 1.165) is 22.5 Å². The van der Waals surface area contributed by atoms with Gasteiger partial charge in [0.05, 0.1) is 31.7 Å². The van der Waals surface area contributed by atoms with Crippen molar-refractivity contribution < 1.29 is 11.0 Å². The van der Waals surface area contributed by atoms with E-state index in [4.69, 9.17) is 6.35 Å². The first kappa shape index (κ1) is 33.4. The number of anilines is 4. The number of hydrogen-bond donors (Lipinski definition) is 2. The first-order valence-electron chi connectivity index (χ1n) is 17.4. The summed E-state index contributed by atoms with van der Waals surface area (Å²) in [4.78, 5) is 61.1. The molecule has 2 aliphatic rings. The fourth-order valence-corrected chi connectivity index (χ4v) is 6.09. The number of carbonyl (C=O) groups is 2. The number of aromatic nitrogens is 12. The number of nitrogens with zero attached hydrogens (tertiary/aromatic N) is 14. The van der Waals surface area contributed by atoms with E-state index < -0.39 is 6.02 Å². The molecule has 0 bridgehead atoms. The smallest absolute Gasteiger partial charge is 0.250 e. The molecule has 0 aromatic carbocycles. The fourth-order valence-electron chi connectivity index (χ4n) is 6.09. The zero-order chi connectivity index (χ0) is 38.3. The minimum Gasteiger partial charge on any atom is -0.358 e. The lowest BCUT2D eigenvalue weighted by Crippen LogP contribution is -2.51. The van der Waals surface area contributed by atoms with E-state index in [9.17, 15) is 9.59 Å². The van der Waals surface area contributed by atoms with Crippen LogP contribution >= 0.6 is 0 Å². The van der Waals surface area contributed by atoms with Gasteiger partial charge < -0.3 is 14.8 Å². The zero-order valence-electron chi connectivity index (χ0n) is 31.3. The summed E-state index contributed by atoms with van der Waals surface area (Å²) in [7, 11) is 3.55. The van der Waals surface area contributed by atoms with Crippen molar-refractivity contribution in [3.8, 4) is 45.6 Å². The average molecular weight is 716 g/mol. The Labute approximate surface area is 306 Å². The van der Waals surface area contributed by atoms with Crippen LogP contribution in [0.15, 0.2) is 49.3 Å². The average Bonchev–Trinajstić information content (AvgIpc) is 3.87. The van der Waals surface area contributed by atoms with Crippen molar-refractivity contribution in [1.29, 1.82) is 0 Å². The molecule has 0 saturated heterocycles. The highest BCUT2D eigenvalue weighted by Crippen LogP contribution is 2.34. The number of pyridine rings is 2. The molecule has 1 atom stereocenters. The maximum atomic E-state index is 12.8. The van der Waals surface area contributed by atoms with Crippen LogP contribution in [0.2, 0.25) is 0 Å². The molecule has 8 rings (SSSR count). The van der Waals surface area contributed by atoms with E-state index in [1.54, 1.807) is 47.1 Å². The van der Waals surface area contributed by atoms with Crippen molar-refractivity contribution in [2.75, 3.05) is 46.7 Å². The van der Waals surface area contributed by atoms with Crippen molar-refractivity contribution in [3.63, 3.8) is 0 Å². The Hall–Kier alpha value is -6.72. The minimum absolute atomic E-state index is 0.0167. The highest BCUT2D eigenvalue weighted by atomic mass is 16.2. The molecule has 8 heterocycles. The van der Waals surface area contributed by atoms with Crippen molar-refractivity contribution in [3.05, 3.63) is 60.7 Å². The number of aryl methyl sites for hydroxylation is 3. The van der Waals surface area contributed by atoms with Gasteiger partial charge in [0.2, 0.25) is 5.91 Å². The van der Waals surface area contributed by atoms with E-state index >= 15 is 0 Å². The Morgan fingerprint density at radius 1 is 0.811 bits per heavy atom. The third-order valence-electron chi connectivity index (χ3n) is 9.04. The molecule has 18 nitrogen and oxygen atoms in total. The van der Waals surface area contributed by atoms with Gasteiger partial charge in [-0.15, -0.1) is 10.2 Å². The van der Waals surface area contributed by atoms with E-state index in [0.29, 0.717) is 70.8 Å². The molecule has 2 N–H and O–H groups in total. The van der Waals surface area contributed by atoms with Crippen LogP contribution in [0, 0.1) is 13.8 Å². The van der Waals surface area contributed by atoms with Crippen LogP contribution in [0.4, 0.5) is 23.3 Å². The Kier molecular flexibility index (Phi) is 8.91. The summed E-state index contributed by atoms with van der Waals surface area (Å²) >= 11 is 0. The van der Waals surface area contributed by atoms with Crippen LogP contribution in [0.5, 0.6) is 0 Å². The molecule has 2 amide bonds. The third kappa shape index (κ3) is 6.38. The Balaban J connectivity index is 0.000000168. The number of carbonyl (C=O) groups excluding carboxylic acids is 2. The molecule has 53 heavy (non-hydrogen) atoms. The van der Waals surface area contributed by atoms with E-state index in [1.807, 2.05) is 59.0 Å². The van der Waals surface area contributed by atoms with Gasteiger partial charge in [-0.05, 0) is 58.9 Å². The van der Waals surface area contributed by atoms with Gasteiger partial charge >= 0.3 is 0 Å². The molecule has 6 aromatic heterocycles. The molecule has 18 heteroatoms. The molecule has 0 aliphatic carbocycles. The second-order valence-corrected chi connectivity index (χ2v) is 12.3. The van der Waals surface area contributed by atoms with Gasteiger partial charge in [-0.1, -0.05) is 0 Å². The molecule has 1 unspecified atom stereocenters. The summed E-state index contributed by atoms with van der Waals surface area (Å²) in [6, 6.07) is 6.13. The van der Waals surface area contributed by atoms with Crippen LogP contribution in [0.3, 0.4) is 0 Å². The lowest BCUT2D eigenvalue weighted by Gasteiger charge is -2.37. The number of fused-ring (bicyclic) bond motifs is 2. The van der Waals surface area contributed by atoms with Crippen molar-refractivity contribution >= 4 is 35.1 Å². The largest absolute Gasteiger partial charge is 0.358 e. The monoisotopic (exact) mass is 715 g/mol. The first-order valence-corrected chi connectivity index (χ1v) is 16.9. The lowest BCUT2D eigenvalue weighted by atomic mass is 10.1. The maximum absolute atomic E-state index is 12.8. The summed E-state index contributed by atoms with van der Waals surface area (Å²) in [6.45, 7) is 10.3. The van der Waals surface area contributed by atoms with E-state index in [1.165, 1.54) is 11.2 Å². The summed E-state index contributed by atoms with van der Waals surface area (Å²) < 4.78 is 10.2. The number of likely N-dealkylation sites (N-methyl/N-ethyl adjacent to an activating group) is 3. The van der Waals surface area contributed by atoms with E-state index in [2.05, 4.69) is 55.6 Å². The lowest BCUT2D eigenvalue weighted by molar-refractivity contribution is -0.120. The van der Waals surface area contributed by atoms with Gasteiger partial charge in [0.15, 0.2) is 34.9 Å². The third-order valence-corrected chi connectivity index (χ3v) is 9.04. The summed E-state index contributed by atoms with van der Waals surface area (Å²) in [5, 5.41) is 17.6. The van der Waals surface area contributed by atoms with Crippen LogP contribution < -0.4 is 20.0 Å². The van der Waals surface area contributed by atoms with Crippen LogP contribution in [0.25, 0.3) is 45.6 Å². The Morgan fingerprint density at radius 2 is 1.47 bits per heavy atom. The van der Waals surface area contributed by atoms with Crippen LogP contribution in [-0.2, 0) is 16.6 Å². The quantitative estimate of drug-likeness (QED) is 0.254. The van der Waals surface area contributed by atoms with E-state index in [-0.39, 0.29) is 18.4 Å². The van der Waals surface area contributed by atoms with Gasteiger partial charge in [0.1, 0.15) is 30.1 Å². The van der Waals surface area contributed by atoms with Crippen molar-refractivity contribution in [2.24, 2.45) is 7.05 Å². The number of amides is 2. The highest BCUT2D eigenvalue weighted by molar-refractivity contribution is 6.03. The predicted octanol–water partition coefficient (Wildman–Crippen LogP) is 3.24. The highest BCUT2D eigenvalue weighted by Gasteiger charge is 2.35. The summed E-state index contributed by atoms with van der Waals surface area (Å²) in [5.41, 5.74) is 5.94. The molecule has 6 aromatic rings. The second-order valence-electron chi connectivity index (χ2n) is 12.3. The number of hydrogen-bond acceptors (Lipinski definition) is 14. The summed E-state index contributed by atoms with van der Waals surface area (Å²) in [5.74, 6) is 3.08. The topological polar surface area (TPSA) is 206 Å². The first-order chi connectivity index (χ1) is 25.9. The van der Waals surface area contributed by atoms with Gasteiger partial charge in [-0.3, -0.25) is 24.5 Å². The molecule has 0 saturated carbocycles. The van der Waals surface area contributed by atoms with Crippen molar-refractivity contribution in [1.82, 2.24) is 59.8 Å².